The molecule has 180 valence electrons. The summed E-state index contributed by atoms with van der Waals surface area (Å²) in [5, 5.41) is 15.9. The standard InChI is InChI=1S/C25H36N4O4/c1-17(2)13-18(15-23(30)28-33)24(31)27-21-14-19-16-29(22-10-6-5-9-20(19)22)12-8-4-3-7-11-26-25(21)32/h5-6,9-10,16-18,21,33H,3-4,7-8,11-15H2,1-2H3,(H,26,32)(H,27,31)(H,28,30). The number of aromatic nitrogens is 1. The minimum Gasteiger partial charge on any atom is -0.354 e. The summed E-state index contributed by atoms with van der Waals surface area (Å²) in [6.45, 7) is 5.44. The van der Waals surface area contributed by atoms with Gasteiger partial charge < -0.3 is 15.2 Å². The van der Waals surface area contributed by atoms with Gasteiger partial charge in [0.2, 0.25) is 17.7 Å². The monoisotopic (exact) mass is 456 g/mol. The number of aryl methyl sites for hydroxylation is 1. The van der Waals surface area contributed by atoms with Crippen LogP contribution in [0.1, 0.15) is 57.9 Å². The van der Waals surface area contributed by atoms with E-state index in [-0.39, 0.29) is 24.2 Å². The molecular weight excluding hydrogens is 420 g/mol. The molecular formula is C25H36N4O4. The summed E-state index contributed by atoms with van der Waals surface area (Å²) in [6, 6.07) is 7.39. The highest BCUT2D eigenvalue weighted by Gasteiger charge is 2.29. The first-order valence-electron chi connectivity index (χ1n) is 12.0. The van der Waals surface area contributed by atoms with Crippen molar-refractivity contribution in [1.29, 1.82) is 0 Å². The summed E-state index contributed by atoms with van der Waals surface area (Å²) in [4.78, 5) is 38.0. The van der Waals surface area contributed by atoms with Crippen LogP contribution in [0.15, 0.2) is 30.5 Å². The number of hydroxylamine groups is 1. The molecule has 2 atom stereocenters. The molecule has 0 saturated heterocycles. The summed E-state index contributed by atoms with van der Waals surface area (Å²) in [5.74, 6) is -1.62. The van der Waals surface area contributed by atoms with E-state index in [2.05, 4.69) is 33.5 Å². The normalized spacial score (nSPS) is 18.5. The Morgan fingerprint density at radius 3 is 2.70 bits per heavy atom. The first kappa shape index (κ1) is 24.8. The van der Waals surface area contributed by atoms with E-state index < -0.39 is 17.9 Å². The van der Waals surface area contributed by atoms with Gasteiger partial charge in [-0.2, -0.15) is 0 Å². The average Bonchev–Trinajstić information content (AvgIpc) is 3.14. The summed E-state index contributed by atoms with van der Waals surface area (Å²) in [5.41, 5.74) is 3.75. The van der Waals surface area contributed by atoms with Gasteiger partial charge in [0, 0.05) is 48.9 Å². The molecule has 1 aromatic carbocycles. The predicted molar refractivity (Wildman–Crippen MR) is 127 cm³/mol. The molecule has 3 amide bonds. The zero-order valence-electron chi connectivity index (χ0n) is 19.6. The molecule has 1 aliphatic rings. The number of carbonyl (C=O) groups excluding carboxylic acids is 3. The molecule has 2 heterocycles. The van der Waals surface area contributed by atoms with Gasteiger partial charge in [-0.1, -0.05) is 44.9 Å². The number of nitrogens with one attached hydrogen (secondary N) is 3. The predicted octanol–water partition coefficient (Wildman–Crippen LogP) is 2.92. The molecule has 33 heavy (non-hydrogen) atoms. The topological polar surface area (TPSA) is 112 Å². The maximum atomic E-state index is 13.1. The number of rotatable bonds is 6. The van der Waals surface area contributed by atoms with Gasteiger partial charge in [0.25, 0.3) is 0 Å². The lowest BCUT2D eigenvalue weighted by atomic mass is 9.92. The van der Waals surface area contributed by atoms with E-state index in [0.29, 0.717) is 19.4 Å². The second-order valence-electron chi connectivity index (χ2n) is 9.40. The van der Waals surface area contributed by atoms with E-state index in [1.807, 2.05) is 26.0 Å². The largest absolute Gasteiger partial charge is 0.354 e. The van der Waals surface area contributed by atoms with Crippen LogP contribution in [-0.4, -0.2) is 40.1 Å². The van der Waals surface area contributed by atoms with Crippen molar-refractivity contribution in [3.05, 3.63) is 36.0 Å². The highest BCUT2D eigenvalue weighted by atomic mass is 16.5. The van der Waals surface area contributed by atoms with Crippen molar-refractivity contribution < 1.29 is 19.6 Å². The van der Waals surface area contributed by atoms with Crippen LogP contribution in [0.4, 0.5) is 0 Å². The molecule has 1 aromatic heterocycles. The molecule has 0 saturated carbocycles. The highest BCUT2D eigenvalue weighted by molar-refractivity contribution is 5.91. The van der Waals surface area contributed by atoms with Gasteiger partial charge in [-0.25, -0.2) is 5.48 Å². The van der Waals surface area contributed by atoms with E-state index >= 15 is 0 Å². The van der Waals surface area contributed by atoms with Gasteiger partial charge >= 0.3 is 0 Å². The molecule has 2 bridgehead atoms. The number of amides is 3. The minimum absolute atomic E-state index is 0.131. The molecule has 0 radical (unpaired) electrons. The Kier molecular flexibility index (Phi) is 8.88. The molecule has 3 rings (SSSR count). The maximum Gasteiger partial charge on any atom is 0.244 e. The Labute approximate surface area is 195 Å². The van der Waals surface area contributed by atoms with Gasteiger partial charge in [0.1, 0.15) is 6.04 Å². The van der Waals surface area contributed by atoms with Crippen LogP contribution in [0.3, 0.4) is 0 Å². The number of carbonyl (C=O) groups is 3. The van der Waals surface area contributed by atoms with Crippen molar-refractivity contribution in [2.75, 3.05) is 6.54 Å². The van der Waals surface area contributed by atoms with Crippen LogP contribution in [-0.2, 0) is 27.3 Å². The van der Waals surface area contributed by atoms with Crippen molar-refractivity contribution in [2.45, 2.75) is 71.4 Å². The molecule has 2 unspecified atom stereocenters. The van der Waals surface area contributed by atoms with Gasteiger partial charge in [-0.3, -0.25) is 19.6 Å². The molecule has 1 aliphatic heterocycles. The van der Waals surface area contributed by atoms with Crippen LogP contribution >= 0.6 is 0 Å². The van der Waals surface area contributed by atoms with Crippen molar-refractivity contribution in [3.63, 3.8) is 0 Å². The molecule has 0 fully saturated rings. The van der Waals surface area contributed by atoms with E-state index in [4.69, 9.17) is 5.21 Å². The van der Waals surface area contributed by atoms with Crippen molar-refractivity contribution in [1.82, 2.24) is 20.7 Å². The zero-order chi connectivity index (χ0) is 23.8. The Morgan fingerprint density at radius 2 is 1.94 bits per heavy atom. The van der Waals surface area contributed by atoms with Crippen molar-refractivity contribution in [3.8, 4) is 0 Å². The van der Waals surface area contributed by atoms with Crippen LogP contribution < -0.4 is 16.1 Å². The molecule has 0 aliphatic carbocycles. The maximum absolute atomic E-state index is 13.1. The lowest BCUT2D eigenvalue weighted by molar-refractivity contribution is -0.136. The Hall–Kier alpha value is -2.87. The summed E-state index contributed by atoms with van der Waals surface area (Å²) in [6.07, 6.45) is 6.93. The van der Waals surface area contributed by atoms with E-state index in [0.717, 1.165) is 48.7 Å². The quantitative estimate of drug-likeness (QED) is 0.395. The SMILES string of the molecule is CC(C)CC(CC(=O)NO)C(=O)NC1Cc2cn(c3ccccc23)CCCCCCNC1=O. The van der Waals surface area contributed by atoms with Crippen LogP contribution in [0.2, 0.25) is 0 Å². The second kappa shape index (κ2) is 11.8. The Balaban J connectivity index is 1.87. The minimum atomic E-state index is -0.746. The van der Waals surface area contributed by atoms with Crippen molar-refractivity contribution >= 4 is 28.6 Å². The number of para-hydroxylation sites is 1. The van der Waals surface area contributed by atoms with E-state index in [9.17, 15) is 14.4 Å². The van der Waals surface area contributed by atoms with Crippen LogP contribution in [0, 0.1) is 11.8 Å². The number of nitrogens with zero attached hydrogens (tertiary/aromatic N) is 1. The molecule has 0 spiro atoms. The molecule has 2 aromatic rings. The first-order valence-corrected chi connectivity index (χ1v) is 12.0. The number of benzene rings is 1. The third kappa shape index (κ3) is 6.81. The van der Waals surface area contributed by atoms with Crippen LogP contribution in [0.25, 0.3) is 10.9 Å². The lowest BCUT2D eigenvalue weighted by Crippen LogP contribution is -2.50. The molecule has 8 heteroatoms. The fourth-order valence-corrected chi connectivity index (χ4v) is 4.61. The fraction of sp³-hybridized carbons (Fsp3) is 0.560. The molecule has 4 N–H and O–H groups in total. The third-order valence-electron chi connectivity index (χ3n) is 6.24. The van der Waals surface area contributed by atoms with Gasteiger partial charge in [-0.05, 0) is 36.8 Å². The number of hydrogen-bond acceptors (Lipinski definition) is 4. The summed E-state index contributed by atoms with van der Waals surface area (Å²) >= 11 is 0. The van der Waals surface area contributed by atoms with E-state index in [1.165, 1.54) is 0 Å². The summed E-state index contributed by atoms with van der Waals surface area (Å²) < 4.78 is 2.24. The Bertz CT molecular complexity index is 968. The van der Waals surface area contributed by atoms with Crippen LogP contribution in [0.5, 0.6) is 0 Å². The Morgan fingerprint density at radius 1 is 1.18 bits per heavy atom. The average molecular weight is 457 g/mol. The number of hydrogen-bond donors (Lipinski definition) is 4. The number of fused-ring (bicyclic) bond motifs is 5. The van der Waals surface area contributed by atoms with Gasteiger partial charge in [0.05, 0.1) is 0 Å². The second-order valence-corrected chi connectivity index (χ2v) is 9.40. The third-order valence-corrected chi connectivity index (χ3v) is 6.24. The lowest BCUT2D eigenvalue weighted by Gasteiger charge is -2.23. The molecule has 8 nitrogen and oxygen atoms in total. The smallest absolute Gasteiger partial charge is 0.244 e. The zero-order valence-corrected chi connectivity index (χ0v) is 19.6. The van der Waals surface area contributed by atoms with E-state index in [1.54, 1.807) is 5.48 Å². The highest BCUT2D eigenvalue weighted by Crippen LogP contribution is 2.24. The first-order chi connectivity index (χ1) is 15.9. The van der Waals surface area contributed by atoms with Crippen molar-refractivity contribution in [2.24, 2.45) is 11.8 Å². The van der Waals surface area contributed by atoms with Gasteiger partial charge in [0.15, 0.2) is 0 Å². The fourth-order valence-electron chi connectivity index (χ4n) is 4.61. The van der Waals surface area contributed by atoms with Gasteiger partial charge in [-0.15, -0.1) is 0 Å². The summed E-state index contributed by atoms with van der Waals surface area (Å²) in [7, 11) is 0.